The third kappa shape index (κ3) is 69.8. The normalized spacial score (nSPS) is 12.4. The van der Waals surface area contributed by atoms with Crippen molar-refractivity contribution in [2.75, 3.05) is 13.2 Å². The molecule has 0 amide bonds. The van der Waals surface area contributed by atoms with Crippen LogP contribution >= 0.6 is 0 Å². The summed E-state index contributed by atoms with van der Waals surface area (Å²) in [6.45, 7) is 6.60. The lowest BCUT2D eigenvalue weighted by Gasteiger charge is -2.18. The molecular formula is C77H140O6. The van der Waals surface area contributed by atoms with Crippen LogP contribution in [0.25, 0.3) is 0 Å². The number of unbranched alkanes of at least 4 members (excludes halogenated alkanes) is 47. The molecule has 0 aliphatic heterocycles. The van der Waals surface area contributed by atoms with Gasteiger partial charge in [-0.25, -0.2) is 0 Å². The van der Waals surface area contributed by atoms with Gasteiger partial charge in [0.1, 0.15) is 13.2 Å². The van der Waals surface area contributed by atoms with Crippen molar-refractivity contribution in [3.8, 4) is 0 Å². The first kappa shape index (κ1) is 80.1. The summed E-state index contributed by atoms with van der Waals surface area (Å²) < 4.78 is 17.0. The van der Waals surface area contributed by atoms with Gasteiger partial charge < -0.3 is 14.2 Å². The third-order valence-electron chi connectivity index (χ3n) is 16.5. The van der Waals surface area contributed by atoms with Crippen LogP contribution in [-0.4, -0.2) is 37.2 Å². The minimum Gasteiger partial charge on any atom is -0.462 e. The zero-order chi connectivity index (χ0) is 59.9. The number of hydrogen-bond acceptors (Lipinski definition) is 6. The van der Waals surface area contributed by atoms with Gasteiger partial charge in [-0.15, -0.1) is 0 Å². The van der Waals surface area contributed by atoms with Crippen LogP contribution in [0.15, 0.2) is 60.8 Å². The van der Waals surface area contributed by atoms with E-state index in [1.54, 1.807) is 0 Å². The molecule has 0 radical (unpaired) electrons. The van der Waals surface area contributed by atoms with Crippen LogP contribution in [0.1, 0.15) is 393 Å². The van der Waals surface area contributed by atoms with Gasteiger partial charge in [0.15, 0.2) is 6.10 Å². The first-order valence-electron chi connectivity index (χ1n) is 36.8. The monoisotopic (exact) mass is 1160 g/mol. The average Bonchev–Trinajstić information content (AvgIpc) is 3.49. The summed E-state index contributed by atoms with van der Waals surface area (Å²) in [4.78, 5) is 38.6. The summed E-state index contributed by atoms with van der Waals surface area (Å²) in [5.41, 5.74) is 0. The van der Waals surface area contributed by atoms with Gasteiger partial charge >= 0.3 is 17.9 Å². The predicted molar refractivity (Wildman–Crippen MR) is 362 cm³/mol. The predicted octanol–water partition coefficient (Wildman–Crippen LogP) is 25.5. The van der Waals surface area contributed by atoms with Gasteiger partial charge in [-0.1, -0.05) is 370 Å². The van der Waals surface area contributed by atoms with Gasteiger partial charge in [-0.05, 0) is 64.2 Å². The maximum Gasteiger partial charge on any atom is 0.306 e. The lowest BCUT2D eigenvalue weighted by Crippen LogP contribution is -2.30. The van der Waals surface area contributed by atoms with E-state index in [4.69, 9.17) is 14.2 Å². The molecule has 0 saturated carbocycles. The van der Waals surface area contributed by atoms with Gasteiger partial charge in [0, 0.05) is 19.3 Å². The largest absolute Gasteiger partial charge is 0.462 e. The molecule has 0 aliphatic carbocycles. The molecule has 0 aliphatic rings. The van der Waals surface area contributed by atoms with Crippen LogP contribution in [0.3, 0.4) is 0 Å². The van der Waals surface area contributed by atoms with Crippen molar-refractivity contribution in [1.82, 2.24) is 0 Å². The summed E-state index contributed by atoms with van der Waals surface area (Å²) in [5.74, 6) is -0.853. The molecule has 0 bridgehead atoms. The summed E-state index contributed by atoms with van der Waals surface area (Å²) in [6.07, 6.45) is 92.5. The number of hydrogen-bond donors (Lipinski definition) is 0. The van der Waals surface area contributed by atoms with Gasteiger partial charge in [0.05, 0.1) is 0 Å². The molecule has 0 aromatic rings. The first-order valence-corrected chi connectivity index (χ1v) is 36.8. The first-order chi connectivity index (χ1) is 41.0. The Hall–Kier alpha value is -2.89. The molecule has 0 rings (SSSR count). The quantitative estimate of drug-likeness (QED) is 0.0261. The molecule has 6 heteroatoms. The Bertz CT molecular complexity index is 1470. The third-order valence-corrected chi connectivity index (χ3v) is 16.5. The van der Waals surface area contributed by atoms with E-state index in [-0.39, 0.29) is 31.1 Å². The van der Waals surface area contributed by atoms with Crippen molar-refractivity contribution in [3.63, 3.8) is 0 Å². The van der Waals surface area contributed by atoms with Gasteiger partial charge in [0.25, 0.3) is 0 Å². The highest BCUT2D eigenvalue weighted by atomic mass is 16.6. The standard InChI is InChI=1S/C77H140O6/c1-4-7-10-13-16-19-22-25-28-31-34-36-38-40-43-46-49-52-55-58-61-64-67-70-76(79)82-73-74(72-81-75(78)69-66-63-60-57-54-51-48-45-42-33-30-27-24-21-18-15-12-9-6-3)83-77(80)71-68-65-62-59-56-53-50-47-44-41-39-37-35-32-29-26-23-20-17-14-11-8-5-2/h7,10,16,19,25,28,34,36,40,43,74H,4-6,8-9,11-15,17-18,20-24,26-27,29-33,35,37-39,41-42,44-73H2,1-3H3/b10-7-,19-16-,28-25-,36-34-,43-40-. The molecule has 0 saturated heterocycles. The number of allylic oxidation sites excluding steroid dienone is 10. The second-order valence-corrected chi connectivity index (χ2v) is 24.8. The maximum absolute atomic E-state index is 13.0. The molecule has 0 fully saturated rings. The molecule has 1 atom stereocenters. The van der Waals surface area contributed by atoms with Crippen LogP contribution in [0.5, 0.6) is 0 Å². The summed E-state index contributed by atoms with van der Waals surface area (Å²) in [6, 6.07) is 0. The number of esters is 3. The zero-order valence-electron chi connectivity index (χ0n) is 55.7. The highest BCUT2D eigenvalue weighted by Gasteiger charge is 2.19. The van der Waals surface area contributed by atoms with Crippen LogP contribution in [-0.2, 0) is 28.6 Å². The molecule has 0 aromatic carbocycles. The Morgan fingerprint density at radius 2 is 0.470 bits per heavy atom. The van der Waals surface area contributed by atoms with E-state index in [0.717, 1.165) is 96.3 Å². The smallest absolute Gasteiger partial charge is 0.306 e. The van der Waals surface area contributed by atoms with E-state index in [0.29, 0.717) is 19.3 Å². The summed E-state index contributed by atoms with van der Waals surface area (Å²) in [5, 5.41) is 0. The van der Waals surface area contributed by atoms with Crippen molar-refractivity contribution in [2.45, 2.75) is 399 Å². The Morgan fingerprint density at radius 1 is 0.253 bits per heavy atom. The van der Waals surface area contributed by atoms with E-state index in [1.165, 1.54) is 257 Å². The van der Waals surface area contributed by atoms with E-state index in [1.807, 2.05) is 0 Å². The molecule has 6 nitrogen and oxygen atoms in total. The number of ether oxygens (including phenoxy) is 3. The minimum absolute atomic E-state index is 0.0720. The van der Waals surface area contributed by atoms with Gasteiger partial charge in [0.2, 0.25) is 0 Å². The SMILES string of the molecule is CC/C=C\C/C=C\C/C=C\C/C=C\C/C=C\CCCCCCCCCC(=O)OCC(COC(=O)CCCCCCCCCCCCCCCCCCCCC)OC(=O)CCCCCCCCCCCCCCCCCCCCCCCCC. The van der Waals surface area contributed by atoms with Gasteiger partial charge in [-0.3, -0.25) is 14.4 Å². The second-order valence-electron chi connectivity index (χ2n) is 24.8. The molecule has 0 N–H and O–H groups in total. The Balaban J connectivity index is 4.34. The number of rotatable bonds is 68. The van der Waals surface area contributed by atoms with E-state index in [9.17, 15) is 14.4 Å². The average molecular weight is 1160 g/mol. The Labute approximate surface area is 517 Å². The molecule has 83 heavy (non-hydrogen) atoms. The second kappa shape index (κ2) is 71.6. The number of carbonyl (C=O) groups excluding carboxylic acids is 3. The van der Waals surface area contributed by atoms with E-state index >= 15 is 0 Å². The summed E-state index contributed by atoms with van der Waals surface area (Å²) >= 11 is 0. The topological polar surface area (TPSA) is 78.9 Å². The van der Waals surface area contributed by atoms with Crippen LogP contribution in [0.2, 0.25) is 0 Å². The van der Waals surface area contributed by atoms with E-state index in [2.05, 4.69) is 81.5 Å². The van der Waals surface area contributed by atoms with Crippen molar-refractivity contribution in [1.29, 1.82) is 0 Å². The fraction of sp³-hybridized carbons (Fsp3) is 0.831. The zero-order valence-corrected chi connectivity index (χ0v) is 55.7. The molecule has 0 spiro atoms. The van der Waals surface area contributed by atoms with Crippen LogP contribution < -0.4 is 0 Å². The minimum atomic E-state index is -0.778. The molecular weight excluding hydrogens is 1020 g/mol. The van der Waals surface area contributed by atoms with E-state index < -0.39 is 6.10 Å². The molecule has 484 valence electrons. The van der Waals surface area contributed by atoms with Crippen LogP contribution in [0.4, 0.5) is 0 Å². The van der Waals surface area contributed by atoms with Gasteiger partial charge in [-0.2, -0.15) is 0 Å². The lowest BCUT2D eigenvalue weighted by atomic mass is 10.0. The van der Waals surface area contributed by atoms with Crippen molar-refractivity contribution < 1.29 is 28.6 Å². The van der Waals surface area contributed by atoms with Crippen molar-refractivity contribution in [3.05, 3.63) is 60.8 Å². The number of carbonyl (C=O) groups is 3. The fourth-order valence-electron chi connectivity index (χ4n) is 11.1. The maximum atomic E-state index is 13.0. The van der Waals surface area contributed by atoms with Crippen molar-refractivity contribution >= 4 is 17.9 Å². The molecule has 0 aromatic heterocycles. The highest BCUT2D eigenvalue weighted by molar-refractivity contribution is 5.71. The Kier molecular flexibility index (Phi) is 69.1. The van der Waals surface area contributed by atoms with Crippen molar-refractivity contribution in [2.24, 2.45) is 0 Å². The Morgan fingerprint density at radius 3 is 0.735 bits per heavy atom. The summed E-state index contributed by atoms with van der Waals surface area (Å²) in [7, 11) is 0. The molecule has 0 heterocycles. The fourth-order valence-corrected chi connectivity index (χ4v) is 11.1. The molecule has 1 unspecified atom stereocenters. The van der Waals surface area contributed by atoms with Crippen LogP contribution in [0, 0.1) is 0 Å². The lowest BCUT2D eigenvalue weighted by molar-refractivity contribution is -0.167. The highest BCUT2D eigenvalue weighted by Crippen LogP contribution is 2.19.